The van der Waals surface area contributed by atoms with Gasteiger partial charge in [-0.2, -0.15) is 4.31 Å². The summed E-state index contributed by atoms with van der Waals surface area (Å²) >= 11 is 12.5. The Bertz CT molecular complexity index is 1980. The number of furan rings is 1. The zero-order valence-electron chi connectivity index (χ0n) is 25.4. The Morgan fingerprint density at radius 1 is 0.957 bits per heavy atom. The summed E-state index contributed by atoms with van der Waals surface area (Å²) < 4.78 is 45.3. The second kappa shape index (κ2) is 13.6. The second-order valence-electron chi connectivity index (χ2n) is 10.5. The lowest BCUT2D eigenvalue weighted by Gasteiger charge is -2.22. The summed E-state index contributed by atoms with van der Waals surface area (Å²) in [7, 11) is -1.26. The highest BCUT2D eigenvalue weighted by Crippen LogP contribution is 2.37. The maximum Gasteiger partial charge on any atom is 0.340 e. The Kier molecular flexibility index (Phi) is 9.74. The predicted octanol–water partition coefficient (Wildman–Crippen LogP) is 7.17. The summed E-state index contributed by atoms with van der Waals surface area (Å²) in [5, 5.41) is 0.742. The number of hydrogen-bond donors (Lipinski definition) is 0. The molecule has 1 aliphatic heterocycles. The van der Waals surface area contributed by atoms with E-state index >= 15 is 0 Å². The van der Waals surface area contributed by atoms with E-state index in [0.29, 0.717) is 38.5 Å². The molecule has 0 spiro atoms. The van der Waals surface area contributed by atoms with E-state index in [-0.39, 0.29) is 34.9 Å². The number of ether oxygens (including phenoxy) is 2. The van der Waals surface area contributed by atoms with Gasteiger partial charge < -0.3 is 13.9 Å². The average Bonchev–Trinajstić information content (AvgIpc) is 3.58. The molecule has 12 heteroatoms. The van der Waals surface area contributed by atoms with Gasteiger partial charge in [0, 0.05) is 28.4 Å². The van der Waals surface area contributed by atoms with Crippen LogP contribution in [0.2, 0.25) is 10.0 Å². The van der Waals surface area contributed by atoms with Crippen LogP contribution in [0.15, 0.2) is 105 Å². The lowest BCUT2D eigenvalue weighted by atomic mass is 10.1. The number of methoxy groups -OCH3 is 2. The number of halogens is 2. The van der Waals surface area contributed by atoms with E-state index in [2.05, 4.69) is 0 Å². The van der Waals surface area contributed by atoms with Crippen molar-refractivity contribution in [2.45, 2.75) is 31.8 Å². The molecule has 0 atom stereocenters. The van der Waals surface area contributed by atoms with Crippen LogP contribution < -0.4 is 9.64 Å². The molecule has 0 bridgehead atoms. The number of aryl methyl sites for hydroxylation is 1. The van der Waals surface area contributed by atoms with Crippen LogP contribution in [-0.2, 0) is 37.4 Å². The van der Waals surface area contributed by atoms with Gasteiger partial charge in [0.25, 0.3) is 5.91 Å². The molecule has 1 amide bonds. The van der Waals surface area contributed by atoms with E-state index < -0.39 is 21.9 Å². The first-order valence-electron chi connectivity index (χ1n) is 14.0. The van der Waals surface area contributed by atoms with Crippen LogP contribution >= 0.6 is 23.2 Å². The molecule has 46 heavy (non-hydrogen) atoms. The fraction of sp³-hybridized carbons (Fsp3) is 0.176. The molecule has 0 saturated heterocycles. The van der Waals surface area contributed by atoms with Crippen molar-refractivity contribution in [3.63, 3.8) is 0 Å². The fourth-order valence-corrected chi connectivity index (χ4v) is 6.89. The Morgan fingerprint density at radius 2 is 1.70 bits per heavy atom. The normalized spacial score (nSPS) is 14.5. The van der Waals surface area contributed by atoms with Gasteiger partial charge in [-0.05, 0) is 74.0 Å². The van der Waals surface area contributed by atoms with Gasteiger partial charge in [0.05, 0.1) is 42.5 Å². The van der Waals surface area contributed by atoms with Gasteiger partial charge in [-0.25, -0.2) is 13.2 Å². The van der Waals surface area contributed by atoms with Gasteiger partial charge in [-0.15, -0.1) is 0 Å². The minimum Gasteiger partial charge on any atom is -0.497 e. The number of carbonyl (C=O) groups is 2. The van der Waals surface area contributed by atoms with Crippen molar-refractivity contribution in [2.24, 2.45) is 0 Å². The number of amides is 1. The predicted molar refractivity (Wildman–Crippen MR) is 176 cm³/mol. The van der Waals surface area contributed by atoms with Crippen molar-refractivity contribution >= 4 is 56.9 Å². The number of nitrogens with zero attached hydrogens (tertiary/aromatic N) is 2. The maximum atomic E-state index is 13.8. The largest absolute Gasteiger partial charge is 0.497 e. The molecule has 9 nitrogen and oxygen atoms in total. The molecule has 0 saturated carbocycles. The Hall–Kier alpha value is -4.35. The number of esters is 1. The Morgan fingerprint density at radius 3 is 2.37 bits per heavy atom. The van der Waals surface area contributed by atoms with Gasteiger partial charge >= 0.3 is 5.97 Å². The maximum absolute atomic E-state index is 13.8. The van der Waals surface area contributed by atoms with Crippen molar-refractivity contribution in [1.29, 1.82) is 0 Å². The molecule has 0 radical (unpaired) electrons. The molecule has 0 unspecified atom stereocenters. The summed E-state index contributed by atoms with van der Waals surface area (Å²) in [6.45, 7) is 3.30. The molecular weight excluding hydrogens is 651 g/mol. The average molecular weight is 682 g/mol. The van der Waals surface area contributed by atoms with Crippen molar-refractivity contribution in [3.8, 4) is 5.75 Å². The molecule has 2 heterocycles. The number of hydrogen-bond acceptors (Lipinski definition) is 7. The van der Waals surface area contributed by atoms with Crippen LogP contribution in [0.25, 0.3) is 6.08 Å². The highest BCUT2D eigenvalue weighted by atomic mass is 35.5. The quantitative estimate of drug-likeness (QED) is 0.129. The van der Waals surface area contributed by atoms with E-state index in [0.717, 1.165) is 5.56 Å². The molecule has 1 aliphatic rings. The third kappa shape index (κ3) is 6.75. The van der Waals surface area contributed by atoms with Crippen molar-refractivity contribution in [1.82, 2.24) is 4.31 Å². The van der Waals surface area contributed by atoms with Crippen LogP contribution in [0.1, 0.15) is 29.6 Å². The molecule has 0 aliphatic carbocycles. The van der Waals surface area contributed by atoms with E-state index in [9.17, 15) is 18.0 Å². The third-order valence-electron chi connectivity index (χ3n) is 7.42. The summed E-state index contributed by atoms with van der Waals surface area (Å²) in [6, 6.07) is 21.5. The summed E-state index contributed by atoms with van der Waals surface area (Å²) in [6.07, 6.45) is 1.44. The monoisotopic (exact) mass is 680 g/mol. The van der Waals surface area contributed by atoms with E-state index in [4.69, 9.17) is 37.1 Å². The minimum atomic E-state index is -4.01. The van der Waals surface area contributed by atoms with Crippen molar-refractivity contribution in [3.05, 3.63) is 128 Å². The molecule has 1 aromatic heterocycles. The first-order valence-corrected chi connectivity index (χ1v) is 16.2. The third-order valence-corrected chi connectivity index (χ3v) is 9.82. The number of sulfonamides is 1. The topological polar surface area (TPSA) is 106 Å². The first-order chi connectivity index (χ1) is 21.9. The highest BCUT2D eigenvalue weighted by molar-refractivity contribution is 7.89. The fourth-order valence-electron chi connectivity index (χ4n) is 5.04. The SMILES string of the molecule is COC(=O)C1=C(C)N(c2cccc(OC)c2)C(=O)/C1=C/c1ccc(CN(Cc2ccc(Cl)cc2Cl)S(=O)(=O)c2ccc(C)cc2)o1. The van der Waals surface area contributed by atoms with Gasteiger partial charge in [0.15, 0.2) is 0 Å². The minimum absolute atomic E-state index is 0.0603. The molecule has 238 valence electrons. The molecule has 0 fully saturated rings. The molecule has 3 aromatic carbocycles. The Labute approximate surface area is 277 Å². The number of benzene rings is 3. The van der Waals surface area contributed by atoms with Gasteiger partial charge in [-0.3, -0.25) is 9.69 Å². The van der Waals surface area contributed by atoms with Crippen molar-refractivity contribution < 1.29 is 31.9 Å². The summed E-state index contributed by atoms with van der Waals surface area (Å²) in [4.78, 5) is 28.1. The van der Waals surface area contributed by atoms with Crippen LogP contribution in [0, 0.1) is 6.92 Å². The molecule has 0 N–H and O–H groups in total. The molecule has 4 aromatic rings. The number of rotatable bonds is 10. The van der Waals surface area contributed by atoms with Crippen LogP contribution in [0.5, 0.6) is 5.75 Å². The standard InChI is InChI=1S/C34H30Cl2N2O7S/c1-21-8-14-29(15-9-21)46(41,42)37(19-23-10-11-24(35)16-31(23)36)20-28-13-12-27(45-28)18-30-32(34(40)44-4)22(2)38(33(30)39)25-6-5-7-26(17-25)43-3/h5-18H,19-20H2,1-4H3/b30-18+. The highest BCUT2D eigenvalue weighted by Gasteiger charge is 2.38. The first kappa shape index (κ1) is 33.0. The zero-order chi connectivity index (χ0) is 33.2. The number of carbonyl (C=O) groups excluding carboxylic acids is 2. The van der Waals surface area contributed by atoms with Gasteiger partial charge in [0.2, 0.25) is 10.0 Å². The molecule has 5 rings (SSSR count). The lowest BCUT2D eigenvalue weighted by Crippen LogP contribution is -2.30. The van der Waals surface area contributed by atoms with Gasteiger partial charge in [0.1, 0.15) is 17.3 Å². The number of anilines is 1. The smallest absolute Gasteiger partial charge is 0.340 e. The molecular formula is C34H30Cl2N2O7S. The van der Waals surface area contributed by atoms with Crippen LogP contribution in [-0.4, -0.2) is 38.8 Å². The Balaban J connectivity index is 1.50. The van der Waals surface area contributed by atoms with Crippen LogP contribution in [0.4, 0.5) is 5.69 Å². The second-order valence-corrected chi connectivity index (χ2v) is 13.3. The van der Waals surface area contributed by atoms with E-state index in [1.165, 1.54) is 29.5 Å². The number of allylic oxidation sites excluding steroid dienone is 1. The van der Waals surface area contributed by atoms with E-state index in [1.54, 1.807) is 85.8 Å². The summed E-state index contributed by atoms with van der Waals surface area (Å²) in [5.74, 6) is -0.0919. The summed E-state index contributed by atoms with van der Waals surface area (Å²) in [5.41, 5.74) is 2.48. The van der Waals surface area contributed by atoms with Gasteiger partial charge in [-0.1, -0.05) is 53.0 Å². The van der Waals surface area contributed by atoms with E-state index in [1.807, 2.05) is 6.92 Å². The zero-order valence-corrected chi connectivity index (χ0v) is 27.7. The van der Waals surface area contributed by atoms with Crippen molar-refractivity contribution in [2.75, 3.05) is 19.1 Å². The van der Waals surface area contributed by atoms with Crippen LogP contribution in [0.3, 0.4) is 0 Å². The lowest BCUT2D eigenvalue weighted by molar-refractivity contribution is -0.136.